The van der Waals surface area contributed by atoms with Gasteiger partial charge in [0.1, 0.15) is 12.6 Å². The van der Waals surface area contributed by atoms with Crippen molar-refractivity contribution in [1.29, 1.82) is 0 Å². The van der Waals surface area contributed by atoms with Crippen LogP contribution in [0.4, 0.5) is 0 Å². The molecule has 24 heavy (non-hydrogen) atoms. The first-order valence-electron chi connectivity index (χ1n) is 7.16. The van der Waals surface area contributed by atoms with Gasteiger partial charge in [-0.25, -0.2) is 9.78 Å². The Bertz CT molecular complexity index is 842. The fraction of sp³-hybridized carbons (Fsp3) is 0.333. The van der Waals surface area contributed by atoms with E-state index in [1.807, 2.05) is 0 Å². The standard InChI is InChI=1S/C15H18N4O5/c1-9-7-19(15(23)18-14(9)22)8-12(21)16-6-11(20)10-4-3-5-13(17-10)24-2/h3-5,7,11,20H,6,8H2,1-2H3,(H,16,21)(H,18,22,23). The molecule has 2 heterocycles. The van der Waals surface area contributed by atoms with Crippen LogP contribution in [0.25, 0.3) is 0 Å². The SMILES string of the molecule is COc1cccc(C(O)CNC(=O)Cn2cc(C)c(=O)[nH]c2=O)n1. The van der Waals surface area contributed by atoms with Crippen LogP contribution < -0.4 is 21.3 Å². The van der Waals surface area contributed by atoms with Crippen LogP contribution >= 0.6 is 0 Å². The number of methoxy groups -OCH3 is 1. The van der Waals surface area contributed by atoms with Crippen LogP contribution in [-0.2, 0) is 11.3 Å². The number of aromatic amines is 1. The van der Waals surface area contributed by atoms with Gasteiger partial charge in [-0.3, -0.25) is 19.1 Å². The predicted octanol–water partition coefficient (Wildman–Crippen LogP) is -0.902. The van der Waals surface area contributed by atoms with Gasteiger partial charge < -0.3 is 15.2 Å². The highest BCUT2D eigenvalue weighted by atomic mass is 16.5. The number of carbonyl (C=O) groups is 1. The number of aryl methyl sites for hydroxylation is 1. The second-order valence-electron chi connectivity index (χ2n) is 5.12. The van der Waals surface area contributed by atoms with Gasteiger partial charge >= 0.3 is 5.69 Å². The summed E-state index contributed by atoms with van der Waals surface area (Å²) in [6, 6.07) is 4.92. The van der Waals surface area contributed by atoms with Crippen molar-refractivity contribution in [3.63, 3.8) is 0 Å². The minimum atomic E-state index is -1.02. The third-order valence-corrected chi connectivity index (χ3v) is 3.29. The van der Waals surface area contributed by atoms with E-state index in [4.69, 9.17) is 4.74 Å². The first kappa shape index (κ1) is 17.4. The molecular weight excluding hydrogens is 316 g/mol. The predicted molar refractivity (Wildman–Crippen MR) is 84.8 cm³/mol. The van der Waals surface area contributed by atoms with Crippen molar-refractivity contribution in [3.8, 4) is 5.88 Å². The summed E-state index contributed by atoms with van der Waals surface area (Å²) in [5, 5.41) is 12.5. The van der Waals surface area contributed by atoms with Crippen LogP contribution in [0.15, 0.2) is 34.0 Å². The van der Waals surface area contributed by atoms with E-state index in [0.29, 0.717) is 17.1 Å². The van der Waals surface area contributed by atoms with Gasteiger partial charge in [0.15, 0.2) is 0 Å². The largest absolute Gasteiger partial charge is 0.481 e. The Hall–Kier alpha value is -2.94. The highest BCUT2D eigenvalue weighted by molar-refractivity contribution is 5.75. The van der Waals surface area contributed by atoms with Crippen LogP contribution in [0.1, 0.15) is 17.4 Å². The zero-order valence-electron chi connectivity index (χ0n) is 13.3. The maximum Gasteiger partial charge on any atom is 0.328 e. The monoisotopic (exact) mass is 334 g/mol. The third kappa shape index (κ3) is 4.29. The second kappa shape index (κ2) is 7.55. The van der Waals surface area contributed by atoms with Crippen molar-refractivity contribution < 1.29 is 14.6 Å². The number of carbonyl (C=O) groups excluding carboxylic acids is 1. The van der Waals surface area contributed by atoms with E-state index in [2.05, 4.69) is 15.3 Å². The normalized spacial score (nSPS) is 11.8. The van der Waals surface area contributed by atoms with E-state index in [0.717, 1.165) is 4.57 Å². The Morgan fingerprint density at radius 3 is 2.92 bits per heavy atom. The first-order chi connectivity index (χ1) is 11.4. The Balaban J connectivity index is 1.97. The summed E-state index contributed by atoms with van der Waals surface area (Å²) in [4.78, 5) is 41.0. The highest BCUT2D eigenvalue weighted by Crippen LogP contribution is 2.13. The average Bonchev–Trinajstić information content (AvgIpc) is 2.57. The molecule has 0 radical (unpaired) electrons. The van der Waals surface area contributed by atoms with Crippen molar-refractivity contribution in [2.24, 2.45) is 0 Å². The molecular formula is C15H18N4O5. The first-order valence-corrected chi connectivity index (χ1v) is 7.16. The lowest BCUT2D eigenvalue weighted by molar-refractivity contribution is -0.122. The number of ether oxygens (including phenoxy) is 1. The molecule has 0 fully saturated rings. The van der Waals surface area contributed by atoms with Crippen molar-refractivity contribution in [3.05, 3.63) is 56.5 Å². The Labute approximate surface area is 136 Å². The summed E-state index contributed by atoms with van der Waals surface area (Å²) in [5.74, 6) is -0.126. The summed E-state index contributed by atoms with van der Waals surface area (Å²) in [5.41, 5.74) is -0.485. The zero-order chi connectivity index (χ0) is 17.7. The quantitative estimate of drug-likeness (QED) is 0.628. The molecule has 2 aromatic heterocycles. The van der Waals surface area contributed by atoms with Gasteiger partial charge in [-0.1, -0.05) is 6.07 Å². The molecule has 0 aliphatic carbocycles. The molecule has 0 spiro atoms. The molecule has 0 aliphatic heterocycles. The van der Waals surface area contributed by atoms with E-state index in [-0.39, 0.29) is 13.1 Å². The van der Waals surface area contributed by atoms with Gasteiger partial charge in [0.2, 0.25) is 11.8 Å². The summed E-state index contributed by atoms with van der Waals surface area (Å²) in [6.45, 7) is 1.19. The summed E-state index contributed by atoms with van der Waals surface area (Å²) < 4.78 is 6.05. The number of rotatable bonds is 6. The van der Waals surface area contributed by atoms with Crippen molar-refractivity contribution in [2.75, 3.05) is 13.7 Å². The molecule has 128 valence electrons. The number of hydrogen-bond donors (Lipinski definition) is 3. The number of H-pyrrole nitrogens is 1. The van der Waals surface area contributed by atoms with Crippen LogP contribution in [0.5, 0.6) is 5.88 Å². The Morgan fingerprint density at radius 2 is 2.21 bits per heavy atom. The van der Waals surface area contributed by atoms with Crippen LogP contribution in [0.3, 0.4) is 0 Å². The number of amides is 1. The van der Waals surface area contributed by atoms with E-state index in [9.17, 15) is 19.5 Å². The summed E-state index contributed by atoms with van der Waals surface area (Å²) in [6.07, 6.45) is 0.291. The number of aliphatic hydroxyl groups excluding tert-OH is 1. The molecule has 0 saturated carbocycles. The van der Waals surface area contributed by atoms with Crippen LogP contribution in [0, 0.1) is 6.92 Å². The maximum absolute atomic E-state index is 11.9. The third-order valence-electron chi connectivity index (χ3n) is 3.29. The van der Waals surface area contributed by atoms with E-state index in [1.54, 1.807) is 18.2 Å². The van der Waals surface area contributed by atoms with Crippen LogP contribution in [-0.4, -0.2) is 39.2 Å². The number of aliphatic hydroxyl groups is 1. The number of aromatic nitrogens is 3. The molecule has 1 atom stereocenters. The van der Waals surface area contributed by atoms with E-state index in [1.165, 1.54) is 20.2 Å². The number of pyridine rings is 1. The lowest BCUT2D eigenvalue weighted by atomic mass is 10.2. The molecule has 9 nitrogen and oxygen atoms in total. The average molecular weight is 334 g/mol. The van der Waals surface area contributed by atoms with E-state index < -0.39 is 23.3 Å². The minimum Gasteiger partial charge on any atom is -0.481 e. The van der Waals surface area contributed by atoms with Gasteiger partial charge in [-0.2, -0.15) is 0 Å². The number of hydrogen-bond acceptors (Lipinski definition) is 6. The summed E-state index contributed by atoms with van der Waals surface area (Å²) >= 11 is 0. The molecule has 0 saturated heterocycles. The van der Waals surface area contributed by atoms with Gasteiger partial charge in [0.25, 0.3) is 5.56 Å². The lowest BCUT2D eigenvalue weighted by Crippen LogP contribution is -2.37. The van der Waals surface area contributed by atoms with Gasteiger partial charge in [-0.05, 0) is 13.0 Å². The maximum atomic E-state index is 11.9. The Morgan fingerprint density at radius 1 is 1.46 bits per heavy atom. The Kier molecular flexibility index (Phi) is 5.48. The fourth-order valence-corrected chi connectivity index (χ4v) is 1.99. The molecule has 0 bridgehead atoms. The van der Waals surface area contributed by atoms with Crippen molar-refractivity contribution >= 4 is 5.91 Å². The highest BCUT2D eigenvalue weighted by Gasteiger charge is 2.13. The van der Waals surface area contributed by atoms with E-state index >= 15 is 0 Å². The smallest absolute Gasteiger partial charge is 0.328 e. The molecule has 2 rings (SSSR count). The number of nitrogens with zero attached hydrogens (tertiary/aromatic N) is 2. The number of nitrogens with one attached hydrogen (secondary N) is 2. The molecule has 0 aromatic carbocycles. The fourth-order valence-electron chi connectivity index (χ4n) is 1.99. The lowest BCUT2D eigenvalue weighted by Gasteiger charge is -2.13. The summed E-state index contributed by atoms with van der Waals surface area (Å²) in [7, 11) is 1.46. The van der Waals surface area contributed by atoms with Crippen LogP contribution in [0.2, 0.25) is 0 Å². The van der Waals surface area contributed by atoms with Crippen molar-refractivity contribution in [2.45, 2.75) is 19.6 Å². The zero-order valence-corrected chi connectivity index (χ0v) is 13.3. The molecule has 0 aliphatic rings. The second-order valence-corrected chi connectivity index (χ2v) is 5.12. The van der Waals surface area contributed by atoms with Crippen molar-refractivity contribution in [1.82, 2.24) is 19.9 Å². The van der Waals surface area contributed by atoms with Gasteiger partial charge in [-0.15, -0.1) is 0 Å². The topological polar surface area (TPSA) is 126 Å². The molecule has 1 unspecified atom stereocenters. The molecule has 1 amide bonds. The molecule has 2 aromatic rings. The minimum absolute atomic E-state index is 0.0733. The molecule has 3 N–H and O–H groups in total. The molecule has 9 heteroatoms. The van der Waals surface area contributed by atoms with Gasteiger partial charge in [0.05, 0.1) is 12.8 Å². The van der Waals surface area contributed by atoms with Gasteiger partial charge in [0, 0.05) is 24.4 Å².